The second kappa shape index (κ2) is 6.29. The van der Waals surface area contributed by atoms with Gasteiger partial charge >= 0.3 is 6.61 Å². The molecule has 0 fully saturated rings. The molecule has 0 saturated heterocycles. The predicted molar refractivity (Wildman–Crippen MR) is 70.2 cm³/mol. The molecular weight excluding hydrogens is 354 g/mol. The third-order valence-electron chi connectivity index (χ3n) is 2.72. The molecule has 3 nitrogen and oxygen atoms in total. The number of aromatic nitrogens is 2. The van der Waals surface area contributed by atoms with Gasteiger partial charge in [0.2, 0.25) is 5.88 Å². The molecule has 0 N–H and O–H groups in total. The van der Waals surface area contributed by atoms with Crippen LogP contribution in [0.2, 0.25) is 10.0 Å². The molecule has 1 aromatic heterocycles. The van der Waals surface area contributed by atoms with Crippen molar-refractivity contribution in [3.63, 3.8) is 0 Å². The number of rotatable bonds is 4. The van der Waals surface area contributed by atoms with Gasteiger partial charge in [-0.3, -0.25) is 0 Å². The van der Waals surface area contributed by atoms with Crippen LogP contribution in [0.4, 0.5) is 22.0 Å². The Hall–Kier alpha value is -1.54. The molecule has 0 atom stereocenters. The Morgan fingerprint density at radius 3 is 2.36 bits per heavy atom. The van der Waals surface area contributed by atoms with Crippen molar-refractivity contribution in [2.24, 2.45) is 7.05 Å². The molecular formula is C12H7Cl2F5N2O. The lowest BCUT2D eigenvalue weighted by Gasteiger charge is -2.07. The highest BCUT2D eigenvalue weighted by molar-refractivity contribution is 6.34. The molecule has 0 aliphatic heterocycles. The first kappa shape index (κ1) is 16.8. The molecule has 0 amide bonds. The summed E-state index contributed by atoms with van der Waals surface area (Å²) in [5.41, 5.74) is -1.34. The Labute approximate surface area is 131 Å². The molecule has 1 aromatic carbocycles. The van der Waals surface area contributed by atoms with Crippen molar-refractivity contribution >= 4 is 23.2 Å². The minimum atomic E-state index is -3.17. The van der Waals surface area contributed by atoms with Gasteiger partial charge < -0.3 is 4.74 Å². The van der Waals surface area contributed by atoms with Gasteiger partial charge in [-0.1, -0.05) is 23.2 Å². The van der Waals surface area contributed by atoms with E-state index in [1.807, 2.05) is 0 Å². The fourth-order valence-electron chi connectivity index (χ4n) is 1.78. The molecule has 0 bridgehead atoms. The lowest BCUT2D eigenvalue weighted by Crippen LogP contribution is -2.06. The number of benzene rings is 1. The average Bonchev–Trinajstić information content (AvgIpc) is 2.66. The van der Waals surface area contributed by atoms with Crippen molar-refractivity contribution in [1.82, 2.24) is 9.78 Å². The standard InChI is InChI=1S/C12H7Cl2F5N2O/c1-21-11(22-12(18)19)8(14)9(20-21)5-2-4(10(16)17)6(13)3-7(5)15/h2-3,10,12H,1H3. The van der Waals surface area contributed by atoms with Crippen molar-refractivity contribution in [1.29, 1.82) is 0 Å². The minimum Gasteiger partial charge on any atom is -0.416 e. The Bertz CT molecular complexity index is 705. The van der Waals surface area contributed by atoms with Crippen LogP contribution >= 0.6 is 23.2 Å². The monoisotopic (exact) mass is 360 g/mol. The second-order valence-electron chi connectivity index (χ2n) is 4.12. The van der Waals surface area contributed by atoms with E-state index in [1.165, 1.54) is 7.05 Å². The van der Waals surface area contributed by atoms with Crippen LogP contribution < -0.4 is 4.74 Å². The van der Waals surface area contributed by atoms with E-state index in [1.54, 1.807) is 0 Å². The van der Waals surface area contributed by atoms with E-state index in [2.05, 4.69) is 9.84 Å². The number of alkyl halides is 4. The van der Waals surface area contributed by atoms with Crippen LogP contribution in [0.1, 0.15) is 12.0 Å². The molecule has 22 heavy (non-hydrogen) atoms. The number of nitrogens with zero attached hydrogens (tertiary/aromatic N) is 2. The summed E-state index contributed by atoms with van der Waals surface area (Å²) < 4.78 is 69.2. The van der Waals surface area contributed by atoms with Crippen LogP contribution in [-0.4, -0.2) is 16.4 Å². The molecule has 120 valence electrons. The van der Waals surface area contributed by atoms with E-state index in [9.17, 15) is 22.0 Å². The first-order valence-electron chi connectivity index (χ1n) is 5.67. The van der Waals surface area contributed by atoms with Crippen molar-refractivity contribution in [3.05, 3.63) is 33.6 Å². The summed E-state index contributed by atoms with van der Waals surface area (Å²) in [5.74, 6) is -1.49. The maximum absolute atomic E-state index is 13.9. The number of aryl methyl sites for hydroxylation is 1. The van der Waals surface area contributed by atoms with Crippen LogP contribution in [0.15, 0.2) is 12.1 Å². The van der Waals surface area contributed by atoms with Gasteiger partial charge in [0.05, 0.1) is 5.02 Å². The molecule has 0 radical (unpaired) electrons. The normalized spacial score (nSPS) is 11.5. The minimum absolute atomic E-state index is 0.309. The summed E-state index contributed by atoms with van der Waals surface area (Å²) in [5, 5.41) is 2.83. The number of hydrogen-bond donors (Lipinski definition) is 0. The molecule has 0 unspecified atom stereocenters. The lowest BCUT2D eigenvalue weighted by molar-refractivity contribution is -0.0552. The van der Waals surface area contributed by atoms with E-state index in [0.717, 1.165) is 10.7 Å². The molecule has 2 aromatic rings. The molecule has 2 rings (SSSR count). The highest BCUT2D eigenvalue weighted by atomic mass is 35.5. The largest absolute Gasteiger partial charge is 0.416 e. The van der Waals surface area contributed by atoms with Gasteiger partial charge in [0.1, 0.15) is 16.5 Å². The third-order valence-corrected chi connectivity index (χ3v) is 3.38. The van der Waals surface area contributed by atoms with Gasteiger partial charge in [-0.2, -0.15) is 13.9 Å². The summed E-state index contributed by atoms with van der Waals surface area (Å²) in [6.45, 7) is -3.17. The van der Waals surface area contributed by atoms with Crippen LogP contribution in [-0.2, 0) is 7.05 Å². The number of hydrogen-bond acceptors (Lipinski definition) is 2. The van der Waals surface area contributed by atoms with Gasteiger partial charge in [-0.15, -0.1) is 0 Å². The summed E-state index contributed by atoms with van der Waals surface area (Å²) in [6.07, 6.45) is -2.95. The first-order chi connectivity index (χ1) is 10.2. The van der Waals surface area contributed by atoms with Crippen LogP contribution in [0, 0.1) is 5.82 Å². The van der Waals surface area contributed by atoms with Gasteiger partial charge in [-0.05, 0) is 12.1 Å². The fourth-order valence-corrected chi connectivity index (χ4v) is 2.32. The average molecular weight is 361 g/mol. The first-order valence-corrected chi connectivity index (χ1v) is 6.42. The third kappa shape index (κ3) is 3.12. The van der Waals surface area contributed by atoms with E-state index in [4.69, 9.17) is 23.2 Å². The van der Waals surface area contributed by atoms with Gasteiger partial charge in [0, 0.05) is 18.2 Å². The Morgan fingerprint density at radius 1 is 1.18 bits per heavy atom. The lowest BCUT2D eigenvalue weighted by atomic mass is 10.1. The van der Waals surface area contributed by atoms with Crippen LogP contribution in [0.3, 0.4) is 0 Å². The zero-order valence-electron chi connectivity index (χ0n) is 10.8. The maximum Gasteiger partial charge on any atom is 0.388 e. The zero-order valence-corrected chi connectivity index (χ0v) is 12.3. The quantitative estimate of drug-likeness (QED) is 0.711. The summed E-state index contributed by atoms with van der Waals surface area (Å²) in [7, 11) is 1.23. The second-order valence-corrected chi connectivity index (χ2v) is 4.91. The number of halogens is 7. The van der Waals surface area contributed by atoms with Crippen molar-refractivity contribution < 1.29 is 26.7 Å². The van der Waals surface area contributed by atoms with Gasteiger partial charge in [-0.25, -0.2) is 17.9 Å². The molecule has 1 heterocycles. The SMILES string of the molecule is Cn1nc(-c2cc(C(F)F)c(Cl)cc2F)c(Cl)c1OC(F)F. The van der Waals surface area contributed by atoms with Gasteiger partial charge in [0.15, 0.2) is 0 Å². The van der Waals surface area contributed by atoms with Crippen LogP contribution in [0.5, 0.6) is 5.88 Å². The molecule has 0 saturated carbocycles. The van der Waals surface area contributed by atoms with E-state index < -0.39 is 45.9 Å². The molecule has 0 aliphatic rings. The zero-order chi connectivity index (χ0) is 16.6. The fraction of sp³-hybridized carbons (Fsp3) is 0.250. The summed E-state index contributed by atoms with van der Waals surface area (Å²) >= 11 is 11.3. The Morgan fingerprint density at radius 2 is 1.82 bits per heavy atom. The van der Waals surface area contributed by atoms with Crippen molar-refractivity contribution in [2.75, 3.05) is 0 Å². The Kier molecular flexibility index (Phi) is 4.81. The molecule has 0 spiro atoms. The summed E-state index contributed by atoms with van der Waals surface area (Å²) in [4.78, 5) is 0. The summed E-state index contributed by atoms with van der Waals surface area (Å²) in [6, 6.07) is 1.44. The maximum atomic E-state index is 13.9. The smallest absolute Gasteiger partial charge is 0.388 e. The topological polar surface area (TPSA) is 27.1 Å². The highest BCUT2D eigenvalue weighted by Crippen LogP contribution is 2.39. The van der Waals surface area contributed by atoms with Crippen molar-refractivity contribution in [3.8, 4) is 17.1 Å². The molecule has 0 aliphatic carbocycles. The van der Waals surface area contributed by atoms with E-state index in [-0.39, 0.29) is 5.69 Å². The highest BCUT2D eigenvalue weighted by Gasteiger charge is 2.24. The number of ether oxygens (including phenoxy) is 1. The molecule has 10 heteroatoms. The Balaban J connectivity index is 2.60. The van der Waals surface area contributed by atoms with E-state index in [0.29, 0.717) is 6.07 Å². The van der Waals surface area contributed by atoms with Gasteiger partial charge in [0.25, 0.3) is 6.43 Å². The van der Waals surface area contributed by atoms with Crippen LogP contribution in [0.25, 0.3) is 11.3 Å². The van der Waals surface area contributed by atoms with E-state index >= 15 is 0 Å². The van der Waals surface area contributed by atoms with Crippen molar-refractivity contribution in [2.45, 2.75) is 13.0 Å². The predicted octanol–water partition coefficient (Wildman–Crippen LogP) is 5.07.